The van der Waals surface area contributed by atoms with Gasteiger partial charge in [0.25, 0.3) is 6.02 Å². The highest BCUT2D eigenvalue weighted by molar-refractivity contribution is 6.07. The van der Waals surface area contributed by atoms with Crippen LogP contribution in [-0.4, -0.2) is 96.3 Å². The largest absolute Gasteiger partial charge is 0.468 e. The number of carbonyl (C=O) groups excluding carboxylic acids is 1. The topological polar surface area (TPSA) is 132 Å². The Bertz CT molecular complexity index is 1320. The van der Waals surface area contributed by atoms with Crippen molar-refractivity contribution in [3.8, 4) is 6.07 Å². The first kappa shape index (κ1) is 29.1. The van der Waals surface area contributed by atoms with E-state index in [0.29, 0.717) is 38.4 Å². The molecular weight excluding hydrogens is 516 g/mol. The van der Waals surface area contributed by atoms with Crippen molar-refractivity contribution in [1.29, 1.82) is 16.1 Å². The molecule has 10 nitrogen and oxygen atoms in total. The Morgan fingerprint density at radius 2 is 2.05 bits per heavy atom. The predicted molar refractivity (Wildman–Crippen MR) is 160 cm³/mol. The fourth-order valence-electron chi connectivity index (χ4n) is 7.24. The van der Waals surface area contributed by atoms with Gasteiger partial charge in [0.15, 0.2) is 0 Å². The molecule has 2 saturated carbocycles. The van der Waals surface area contributed by atoms with E-state index in [0.717, 1.165) is 31.5 Å². The molecule has 3 N–H and O–H groups in total. The summed E-state index contributed by atoms with van der Waals surface area (Å²) in [6.45, 7) is 11.6. The zero-order valence-electron chi connectivity index (χ0n) is 25.3. The molecule has 220 valence electrons. The lowest BCUT2D eigenvalue weighted by Crippen LogP contribution is -2.72. The molecule has 0 radical (unpaired) electrons. The number of dihydropyridines is 1. The highest BCUT2D eigenvalue weighted by atomic mass is 16.5. The van der Waals surface area contributed by atoms with Crippen molar-refractivity contribution in [2.24, 2.45) is 21.2 Å². The summed E-state index contributed by atoms with van der Waals surface area (Å²) < 4.78 is 5.03. The van der Waals surface area contributed by atoms with Gasteiger partial charge < -0.3 is 15.0 Å². The summed E-state index contributed by atoms with van der Waals surface area (Å²) in [5.41, 5.74) is -0.00716. The van der Waals surface area contributed by atoms with Crippen molar-refractivity contribution >= 4 is 23.6 Å². The van der Waals surface area contributed by atoms with Crippen LogP contribution >= 0.6 is 0 Å². The highest BCUT2D eigenvalue weighted by Crippen LogP contribution is 2.69. The van der Waals surface area contributed by atoms with Gasteiger partial charge in [0.2, 0.25) is 0 Å². The lowest BCUT2D eigenvalue weighted by Gasteiger charge is -2.61. The average Bonchev–Trinajstić information content (AvgIpc) is 3.58. The molecule has 0 spiro atoms. The van der Waals surface area contributed by atoms with Gasteiger partial charge in [-0.3, -0.25) is 25.6 Å². The molecule has 1 saturated heterocycles. The summed E-state index contributed by atoms with van der Waals surface area (Å²) in [4.78, 5) is 24.4. The Kier molecular flexibility index (Phi) is 6.97. The smallest absolute Gasteiger partial charge is 0.317 e. The van der Waals surface area contributed by atoms with Gasteiger partial charge in [-0.1, -0.05) is 50.6 Å². The fourth-order valence-corrected chi connectivity index (χ4v) is 7.24. The number of fused-ring (bicyclic) bond motifs is 2. The first-order valence-electron chi connectivity index (χ1n) is 14.6. The summed E-state index contributed by atoms with van der Waals surface area (Å²) in [6, 6.07) is 2.54. The third-order valence-electron chi connectivity index (χ3n) is 9.71. The summed E-state index contributed by atoms with van der Waals surface area (Å²) >= 11 is 0. The Labute approximate surface area is 243 Å². The Balaban J connectivity index is 1.43. The molecule has 2 amide bonds. The standard InChI is InChI=1S/C31H44N8O2/c1-27(2,3)21-39(26(40)35-5)31-11-9-23(36-28(31,4)12-13-31)30-16-22(8-7-10-29(30,19-30)20-32)17-37-14-15-38(24(33)18-37)25(34)41-6/h7,9-11,16,33-34H,8,12-15,17-19,21H2,1-6H3,(H,35,40). The maximum absolute atomic E-state index is 13.2. The van der Waals surface area contributed by atoms with Crippen LogP contribution < -0.4 is 5.32 Å². The van der Waals surface area contributed by atoms with Gasteiger partial charge in [-0.2, -0.15) is 5.26 Å². The number of urea groups is 1. The van der Waals surface area contributed by atoms with Gasteiger partial charge in [-0.15, -0.1) is 0 Å². The minimum atomic E-state index is -0.622. The van der Waals surface area contributed by atoms with Crippen LogP contribution in [0.5, 0.6) is 0 Å². The SMILES string of the molecule is CNC(=O)N(CC(C)(C)C)C12C=CC(C34C=C(CN5CCN(C(=N)OC)C(=N)C5)CC=CC3(C#N)C4)=NC1(C)CC2. The van der Waals surface area contributed by atoms with E-state index >= 15 is 0 Å². The van der Waals surface area contributed by atoms with E-state index in [1.807, 2.05) is 4.90 Å². The third kappa shape index (κ3) is 4.58. The molecule has 4 atom stereocenters. The number of amides is 2. The lowest BCUT2D eigenvalue weighted by molar-refractivity contribution is -0.00635. The van der Waals surface area contributed by atoms with Crippen molar-refractivity contribution in [3.05, 3.63) is 36.0 Å². The van der Waals surface area contributed by atoms with E-state index in [2.05, 4.69) is 74.4 Å². The molecule has 3 fully saturated rings. The van der Waals surface area contributed by atoms with Crippen molar-refractivity contribution < 1.29 is 9.53 Å². The second-order valence-corrected chi connectivity index (χ2v) is 13.7. The predicted octanol–water partition coefficient (Wildman–Crippen LogP) is 3.94. The number of rotatable bonds is 5. The molecule has 0 aromatic rings. The first-order valence-corrected chi connectivity index (χ1v) is 14.6. The van der Waals surface area contributed by atoms with Gasteiger partial charge in [-0.25, -0.2) is 4.79 Å². The second-order valence-electron chi connectivity index (χ2n) is 13.7. The number of carbonyl (C=O) groups is 1. The third-order valence-corrected chi connectivity index (χ3v) is 9.71. The van der Waals surface area contributed by atoms with E-state index in [1.165, 1.54) is 12.7 Å². The van der Waals surface area contributed by atoms with Gasteiger partial charge in [-0.05, 0) is 44.1 Å². The number of nitrogens with one attached hydrogen (secondary N) is 3. The molecule has 4 unspecified atom stereocenters. The molecule has 5 aliphatic rings. The molecule has 0 aromatic carbocycles. The number of piperazine rings is 1. The molecule has 0 aromatic heterocycles. The van der Waals surface area contributed by atoms with Gasteiger partial charge in [0, 0.05) is 38.9 Å². The summed E-state index contributed by atoms with van der Waals surface area (Å²) in [6.07, 6.45) is 13.9. The van der Waals surface area contributed by atoms with Gasteiger partial charge >= 0.3 is 6.03 Å². The van der Waals surface area contributed by atoms with E-state index in [-0.39, 0.29) is 17.5 Å². The van der Waals surface area contributed by atoms with Crippen molar-refractivity contribution in [1.82, 2.24) is 20.0 Å². The van der Waals surface area contributed by atoms with Crippen LogP contribution in [0, 0.1) is 38.4 Å². The van der Waals surface area contributed by atoms with E-state index < -0.39 is 21.9 Å². The quantitative estimate of drug-likeness (QED) is 0.266. The monoisotopic (exact) mass is 560 g/mol. The molecule has 2 heterocycles. The minimum Gasteiger partial charge on any atom is -0.468 e. The zero-order valence-corrected chi connectivity index (χ0v) is 25.3. The van der Waals surface area contributed by atoms with E-state index in [1.54, 1.807) is 11.9 Å². The van der Waals surface area contributed by atoms with Crippen LogP contribution in [0.1, 0.15) is 53.4 Å². The van der Waals surface area contributed by atoms with Crippen molar-refractivity contribution in [2.45, 2.75) is 64.5 Å². The average molecular weight is 561 g/mol. The lowest BCUT2D eigenvalue weighted by atomic mass is 9.58. The molecule has 3 aliphatic carbocycles. The van der Waals surface area contributed by atoms with Crippen LogP contribution in [-0.2, 0) is 4.74 Å². The number of nitrogens with zero attached hydrogens (tertiary/aromatic N) is 5. The molecule has 41 heavy (non-hydrogen) atoms. The number of amidine groups is 2. The zero-order chi connectivity index (χ0) is 29.8. The maximum Gasteiger partial charge on any atom is 0.317 e. The number of methoxy groups -OCH3 is 1. The van der Waals surface area contributed by atoms with E-state index in [4.69, 9.17) is 20.5 Å². The van der Waals surface area contributed by atoms with Crippen molar-refractivity contribution in [2.75, 3.05) is 46.9 Å². The maximum atomic E-state index is 13.2. The number of hydrogen-bond acceptors (Lipinski definition) is 7. The number of nitriles is 1. The van der Waals surface area contributed by atoms with E-state index in [9.17, 15) is 10.1 Å². The molecular formula is C31H44N8O2. The Hall–Kier alpha value is -3.45. The number of ether oxygens (including phenoxy) is 1. The molecule has 0 bridgehead atoms. The van der Waals surface area contributed by atoms with Crippen LogP contribution in [0.3, 0.4) is 0 Å². The van der Waals surface area contributed by atoms with Gasteiger partial charge in [0.1, 0.15) is 5.84 Å². The Morgan fingerprint density at radius 3 is 2.61 bits per heavy atom. The van der Waals surface area contributed by atoms with Crippen LogP contribution in [0.2, 0.25) is 0 Å². The number of hydrogen-bond donors (Lipinski definition) is 3. The molecule has 2 aliphatic heterocycles. The normalized spacial score (nSPS) is 34.2. The number of allylic oxidation sites excluding steroid dienone is 4. The highest BCUT2D eigenvalue weighted by Gasteiger charge is 2.70. The summed E-state index contributed by atoms with van der Waals surface area (Å²) in [7, 11) is 3.14. The Morgan fingerprint density at radius 1 is 1.29 bits per heavy atom. The van der Waals surface area contributed by atoms with Crippen LogP contribution in [0.15, 0.2) is 40.9 Å². The van der Waals surface area contributed by atoms with Crippen molar-refractivity contribution in [3.63, 3.8) is 0 Å². The minimum absolute atomic E-state index is 0.00199. The van der Waals surface area contributed by atoms with Crippen LogP contribution in [0.25, 0.3) is 0 Å². The summed E-state index contributed by atoms with van der Waals surface area (Å²) in [5, 5.41) is 29.6. The first-order chi connectivity index (χ1) is 19.3. The molecule has 5 rings (SSSR count). The van der Waals surface area contributed by atoms with Crippen LogP contribution in [0.4, 0.5) is 4.79 Å². The van der Waals surface area contributed by atoms with Gasteiger partial charge in [0.05, 0.1) is 41.6 Å². The number of aliphatic imine (C=N–C) groups is 1. The second kappa shape index (κ2) is 9.83. The molecule has 10 heteroatoms. The fraction of sp³-hybridized carbons (Fsp3) is 0.645. The summed E-state index contributed by atoms with van der Waals surface area (Å²) in [5.74, 6) is 0.352.